The SMILES string of the molecule is Cc1cc(NC(=O)OC(C)(C)C)c(C)c(C)c1OCC1CO1. The second kappa shape index (κ2) is 6.16. The number of hydrogen-bond donors (Lipinski definition) is 1. The van der Waals surface area contributed by atoms with Crippen LogP contribution in [0.2, 0.25) is 0 Å². The fraction of sp³-hybridized carbons (Fsp3) is 0.588. The number of hydrogen-bond acceptors (Lipinski definition) is 4. The molecule has 5 heteroatoms. The first-order valence-electron chi connectivity index (χ1n) is 7.52. The van der Waals surface area contributed by atoms with E-state index in [1.165, 1.54) is 0 Å². The summed E-state index contributed by atoms with van der Waals surface area (Å²) in [4.78, 5) is 11.9. The van der Waals surface area contributed by atoms with Gasteiger partial charge < -0.3 is 14.2 Å². The van der Waals surface area contributed by atoms with Crippen LogP contribution in [0.4, 0.5) is 10.5 Å². The van der Waals surface area contributed by atoms with Crippen LogP contribution in [0.5, 0.6) is 5.75 Å². The number of rotatable bonds is 4. The van der Waals surface area contributed by atoms with Gasteiger partial charge in [-0.15, -0.1) is 0 Å². The van der Waals surface area contributed by atoms with Gasteiger partial charge in [-0.25, -0.2) is 4.79 Å². The molecule has 1 aliphatic heterocycles. The Labute approximate surface area is 131 Å². The topological polar surface area (TPSA) is 60.1 Å². The minimum Gasteiger partial charge on any atom is -0.490 e. The summed E-state index contributed by atoms with van der Waals surface area (Å²) in [7, 11) is 0. The molecule has 0 aliphatic carbocycles. The Kier molecular flexibility index (Phi) is 4.66. The highest BCUT2D eigenvalue weighted by Gasteiger charge is 2.24. The van der Waals surface area contributed by atoms with E-state index in [0.29, 0.717) is 6.61 Å². The third-order valence-corrected chi connectivity index (χ3v) is 3.48. The molecule has 22 heavy (non-hydrogen) atoms. The van der Waals surface area contributed by atoms with Gasteiger partial charge in [-0.3, -0.25) is 5.32 Å². The molecular weight excluding hydrogens is 282 g/mol. The summed E-state index contributed by atoms with van der Waals surface area (Å²) in [5, 5.41) is 2.81. The van der Waals surface area contributed by atoms with Crippen LogP contribution in [-0.4, -0.2) is 31.0 Å². The highest BCUT2D eigenvalue weighted by Crippen LogP contribution is 2.32. The molecule has 2 rings (SSSR count). The number of ether oxygens (including phenoxy) is 3. The number of carbonyl (C=O) groups is 1. The summed E-state index contributed by atoms with van der Waals surface area (Å²) in [6.07, 6.45) is -0.229. The summed E-state index contributed by atoms with van der Waals surface area (Å²) in [6.45, 7) is 12.8. The van der Waals surface area contributed by atoms with Crippen molar-refractivity contribution in [3.63, 3.8) is 0 Å². The normalized spacial score (nSPS) is 17.1. The van der Waals surface area contributed by atoms with Gasteiger partial charge in [-0.05, 0) is 64.3 Å². The Morgan fingerprint density at radius 1 is 1.32 bits per heavy atom. The van der Waals surface area contributed by atoms with Gasteiger partial charge >= 0.3 is 6.09 Å². The van der Waals surface area contributed by atoms with Crippen molar-refractivity contribution < 1.29 is 19.0 Å². The number of aryl methyl sites for hydroxylation is 1. The van der Waals surface area contributed by atoms with Crippen LogP contribution >= 0.6 is 0 Å². The van der Waals surface area contributed by atoms with Crippen molar-refractivity contribution in [2.24, 2.45) is 0 Å². The van der Waals surface area contributed by atoms with E-state index < -0.39 is 11.7 Å². The van der Waals surface area contributed by atoms with Gasteiger partial charge in [0.25, 0.3) is 0 Å². The minimum atomic E-state index is -0.518. The van der Waals surface area contributed by atoms with Gasteiger partial charge in [0.1, 0.15) is 24.1 Å². The van der Waals surface area contributed by atoms with Gasteiger partial charge in [-0.2, -0.15) is 0 Å². The lowest BCUT2D eigenvalue weighted by atomic mass is 10.0. The zero-order chi connectivity index (χ0) is 16.5. The van der Waals surface area contributed by atoms with Gasteiger partial charge in [0.05, 0.1) is 6.61 Å². The fourth-order valence-corrected chi connectivity index (χ4v) is 2.16. The quantitative estimate of drug-likeness (QED) is 0.861. The molecule has 0 spiro atoms. The second-order valence-corrected chi connectivity index (χ2v) is 6.71. The number of carbonyl (C=O) groups excluding carboxylic acids is 1. The Balaban J connectivity index is 2.13. The molecule has 1 aromatic carbocycles. The first kappa shape index (κ1) is 16.6. The van der Waals surface area contributed by atoms with Crippen LogP contribution in [0.1, 0.15) is 37.5 Å². The Hall–Kier alpha value is -1.75. The summed E-state index contributed by atoms with van der Waals surface area (Å²) in [5.41, 5.74) is 3.21. The van der Waals surface area contributed by atoms with Gasteiger partial charge in [0.2, 0.25) is 0 Å². The molecule has 1 fully saturated rings. The highest BCUT2D eigenvalue weighted by atomic mass is 16.6. The maximum Gasteiger partial charge on any atom is 0.412 e. The zero-order valence-corrected chi connectivity index (χ0v) is 14.2. The zero-order valence-electron chi connectivity index (χ0n) is 14.2. The molecule has 5 nitrogen and oxygen atoms in total. The van der Waals surface area contributed by atoms with Crippen molar-refractivity contribution in [2.75, 3.05) is 18.5 Å². The van der Waals surface area contributed by atoms with E-state index in [9.17, 15) is 4.79 Å². The minimum absolute atomic E-state index is 0.221. The first-order valence-corrected chi connectivity index (χ1v) is 7.52. The third-order valence-electron chi connectivity index (χ3n) is 3.48. The lowest BCUT2D eigenvalue weighted by Gasteiger charge is -2.21. The number of nitrogens with one attached hydrogen (secondary N) is 1. The summed E-state index contributed by atoms with van der Waals surface area (Å²) in [6, 6.07) is 1.91. The molecular formula is C17H25NO4. The lowest BCUT2D eigenvalue weighted by molar-refractivity contribution is 0.0636. The summed E-state index contributed by atoms with van der Waals surface area (Å²) >= 11 is 0. The molecule has 1 atom stereocenters. The number of anilines is 1. The fourth-order valence-electron chi connectivity index (χ4n) is 2.16. The molecule has 0 saturated carbocycles. The van der Waals surface area contributed by atoms with E-state index >= 15 is 0 Å². The van der Waals surface area contributed by atoms with E-state index in [2.05, 4.69) is 5.32 Å². The van der Waals surface area contributed by atoms with Gasteiger partial charge in [0.15, 0.2) is 0 Å². The van der Waals surface area contributed by atoms with Gasteiger partial charge in [0, 0.05) is 5.69 Å². The van der Waals surface area contributed by atoms with Crippen LogP contribution in [0.3, 0.4) is 0 Å². The molecule has 0 bridgehead atoms. The van der Waals surface area contributed by atoms with E-state index in [1.54, 1.807) is 0 Å². The van der Waals surface area contributed by atoms with Crippen molar-refractivity contribution in [1.82, 2.24) is 0 Å². The average molecular weight is 307 g/mol. The standard InChI is InChI=1S/C17H25NO4/c1-10-7-14(18-16(19)22-17(4,5)6)11(2)12(3)15(10)21-9-13-8-20-13/h7,13H,8-9H2,1-6H3,(H,18,19). The molecule has 1 aromatic rings. The van der Waals surface area contributed by atoms with Crippen LogP contribution < -0.4 is 10.1 Å². The Morgan fingerprint density at radius 2 is 1.95 bits per heavy atom. The number of amides is 1. The van der Waals surface area contributed by atoms with Crippen molar-refractivity contribution in [1.29, 1.82) is 0 Å². The molecule has 1 N–H and O–H groups in total. The predicted octanol–water partition coefficient (Wildman–Crippen LogP) is 3.74. The van der Waals surface area contributed by atoms with E-state index in [4.69, 9.17) is 14.2 Å². The monoisotopic (exact) mass is 307 g/mol. The smallest absolute Gasteiger partial charge is 0.412 e. The molecule has 1 heterocycles. The van der Waals surface area contributed by atoms with Crippen molar-refractivity contribution >= 4 is 11.8 Å². The third kappa shape index (κ3) is 4.37. The maximum absolute atomic E-state index is 11.9. The molecule has 1 saturated heterocycles. The average Bonchev–Trinajstić information content (AvgIpc) is 3.17. The molecule has 122 valence electrons. The van der Waals surface area contributed by atoms with E-state index in [-0.39, 0.29) is 6.10 Å². The molecule has 1 unspecified atom stereocenters. The van der Waals surface area contributed by atoms with Crippen LogP contribution in [-0.2, 0) is 9.47 Å². The Morgan fingerprint density at radius 3 is 2.50 bits per heavy atom. The first-order chi connectivity index (χ1) is 10.2. The number of benzene rings is 1. The summed E-state index contributed by atoms with van der Waals surface area (Å²) < 4.78 is 16.3. The lowest BCUT2D eigenvalue weighted by Crippen LogP contribution is -2.27. The van der Waals surface area contributed by atoms with Crippen molar-refractivity contribution in [3.05, 3.63) is 22.8 Å². The van der Waals surface area contributed by atoms with Crippen LogP contribution in [0.25, 0.3) is 0 Å². The van der Waals surface area contributed by atoms with E-state index in [1.807, 2.05) is 47.6 Å². The molecule has 0 aromatic heterocycles. The van der Waals surface area contributed by atoms with Crippen LogP contribution in [0.15, 0.2) is 6.07 Å². The Bertz CT molecular complexity index is 571. The highest BCUT2D eigenvalue weighted by molar-refractivity contribution is 5.86. The molecule has 1 amide bonds. The van der Waals surface area contributed by atoms with Crippen molar-refractivity contribution in [2.45, 2.75) is 53.2 Å². The molecule has 0 radical (unpaired) electrons. The summed E-state index contributed by atoms with van der Waals surface area (Å²) in [5.74, 6) is 0.864. The molecule has 1 aliphatic rings. The van der Waals surface area contributed by atoms with Gasteiger partial charge in [-0.1, -0.05) is 0 Å². The van der Waals surface area contributed by atoms with Crippen LogP contribution in [0, 0.1) is 20.8 Å². The second-order valence-electron chi connectivity index (χ2n) is 6.71. The number of epoxide rings is 1. The maximum atomic E-state index is 11.9. The van der Waals surface area contributed by atoms with Crippen molar-refractivity contribution in [3.8, 4) is 5.75 Å². The van der Waals surface area contributed by atoms with E-state index in [0.717, 1.165) is 34.7 Å². The largest absolute Gasteiger partial charge is 0.490 e. The predicted molar refractivity (Wildman–Crippen MR) is 85.7 cm³/mol.